The fraction of sp³-hybridized carbons (Fsp3) is 0.529. The van der Waals surface area contributed by atoms with Crippen LogP contribution in [0.5, 0.6) is 0 Å². The Kier molecular flexibility index (Phi) is 2.85. The quantitative estimate of drug-likeness (QED) is 0.902. The number of pyridine rings is 1. The topological polar surface area (TPSA) is 58.4 Å². The van der Waals surface area contributed by atoms with Gasteiger partial charge in [-0.2, -0.15) is 0 Å². The minimum absolute atomic E-state index is 0.184. The van der Waals surface area contributed by atoms with E-state index in [1.165, 1.54) is 0 Å². The first kappa shape index (κ1) is 13.8. The summed E-state index contributed by atoms with van der Waals surface area (Å²) >= 11 is 0. The summed E-state index contributed by atoms with van der Waals surface area (Å²) < 4.78 is 2.07. The number of aromatic nitrogens is 2. The molecule has 0 bridgehead atoms. The van der Waals surface area contributed by atoms with Gasteiger partial charge in [0.25, 0.3) is 0 Å². The molecule has 116 valence electrons. The molecule has 0 aromatic carbocycles. The molecule has 2 aromatic heterocycles. The summed E-state index contributed by atoms with van der Waals surface area (Å²) in [6, 6.07) is 4.07. The van der Waals surface area contributed by atoms with Crippen LogP contribution in [-0.4, -0.2) is 28.4 Å². The Labute approximate surface area is 130 Å². The first-order valence-electron chi connectivity index (χ1n) is 7.95. The number of aryl methyl sites for hydroxylation is 1. The summed E-state index contributed by atoms with van der Waals surface area (Å²) in [4.78, 5) is 17.1. The Morgan fingerprint density at radius 3 is 2.86 bits per heavy atom. The van der Waals surface area contributed by atoms with Crippen molar-refractivity contribution in [3.8, 4) is 0 Å². The van der Waals surface area contributed by atoms with E-state index in [0.717, 1.165) is 30.0 Å². The summed E-state index contributed by atoms with van der Waals surface area (Å²) in [6.07, 6.45) is 3.88. The second-order valence-corrected chi connectivity index (χ2v) is 7.15. The Hall–Kier alpha value is -1.88. The molecule has 22 heavy (non-hydrogen) atoms. The highest BCUT2D eigenvalue weighted by molar-refractivity contribution is 5.83. The zero-order valence-electron chi connectivity index (χ0n) is 13.3. The highest BCUT2D eigenvalue weighted by Crippen LogP contribution is 2.49. The molecule has 5 nitrogen and oxygen atoms in total. The van der Waals surface area contributed by atoms with Crippen molar-refractivity contribution in [2.24, 2.45) is 17.8 Å². The maximum atomic E-state index is 12.6. The molecule has 5 heteroatoms. The number of rotatable bonds is 3. The van der Waals surface area contributed by atoms with Crippen LogP contribution in [-0.2, 0) is 10.3 Å². The maximum absolute atomic E-state index is 12.6. The van der Waals surface area contributed by atoms with Gasteiger partial charge in [-0.15, -0.1) is 0 Å². The number of imidazole rings is 1. The summed E-state index contributed by atoms with van der Waals surface area (Å²) in [5, 5.41) is 6.57. The van der Waals surface area contributed by atoms with Gasteiger partial charge in [0.15, 0.2) is 0 Å². The Balaban J connectivity index is 1.59. The Morgan fingerprint density at radius 2 is 2.14 bits per heavy atom. The van der Waals surface area contributed by atoms with Gasteiger partial charge in [0.05, 0.1) is 17.4 Å². The molecular weight excluding hydrogens is 276 g/mol. The lowest BCUT2D eigenvalue weighted by atomic mass is 10.0. The highest BCUT2D eigenvalue weighted by Gasteiger charge is 2.57. The second kappa shape index (κ2) is 4.56. The third kappa shape index (κ3) is 1.96. The lowest BCUT2D eigenvalue weighted by molar-refractivity contribution is -0.124. The predicted octanol–water partition coefficient (Wildman–Crippen LogP) is 1.46. The predicted molar refractivity (Wildman–Crippen MR) is 84.4 cm³/mol. The molecule has 2 fully saturated rings. The van der Waals surface area contributed by atoms with E-state index in [1.807, 2.05) is 32.3 Å². The first-order valence-corrected chi connectivity index (χ1v) is 7.95. The molecule has 1 unspecified atom stereocenters. The van der Waals surface area contributed by atoms with Crippen molar-refractivity contribution in [3.05, 3.63) is 35.8 Å². The number of carbonyl (C=O) groups is 1. The van der Waals surface area contributed by atoms with Gasteiger partial charge in [0.1, 0.15) is 5.65 Å². The molecular formula is C17H22N4O. The van der Waals surface area contributed by atoms with Gasteiger partial charge in [0.2, 0.25) is 5.91 Å². The van der Waals surface area contributed by atoms with Crippen LogP contribution in [0, 0.1) is 24.7 Å². The molecule has 0 radical (unpaired) electrons. The molecule has 2 N–H and O–H groups in total. The van der Waals surface area contributed by atoms with Crippen molar-refractivity contribution in [2.45, 2.75) is 26.3 Å². The van der Waals surface area contributed by atoms with Gasteiger partial charge in [-0.3, -0.25) is 4.79 Å². The van der Waals surface area contributed by atoms with E-state index in [9.17, 15) is 4.79 Å². The number of carbonyl (C=O) groups excluding carboxylic acids is 1. The molecule has 2 aromatic rings. The van der Waals surface area contributed by atoms with E-state index >= 15 is 0 Å². The van der Waals surface area contributed by atoms with Crippen LogP contribution in [0.3, 0.4) is 0 Å². The normalized spacial score (nSPS) is 27.0. The zero-order chi connectivity index (χ0) is 15.5. The van der Waals surface area contributed by atoms with Gasteiger partial charge < -0.3 is 15.0 Å². The molecule has 1 amide bonds. The largest absolute Gasteiger partial charge is 0.345 e. The monoisotopic (exact) mass is 298 g/mol. The second-order valence-electron chi connectivity index (χ2n) is 7.15. The van der Waals surface area contributed by atoms with Crippen molar-refractivity contribution >= 4 is 11.6 Å². The van der Waals surface area contributed by atoms with E-state index in [4.69, 9.17) is 0 Å². The molecule has 1 aliphatic carbocycles. The molecule has 3 atom stereocenters. The van der Waals surface area contributed by atoms with Crippen molar-refractivity contribution in [1.82, 2.24) is 20.0 Å². The number of hydrogen-bond acceptors (Lipinski definition) is 3. The summed E-state index contributed by atoms with van der Waals surface area (Å²) in [5.74, 6) is 1.46. The van der Waals surface area contributed by atoms with Gasteiger partial charge in [-0.1, -0.05) is 6.07 Å². The number of fused-ring (bicyclic) bond motifs is 2. The van der Waals surface area contributed by atoms with Crippen molar-refractivity contribution in [2.75, 3.05) is 13.1 Å². The summed E-state index contributed by atoms with van der Waals surface area (Å²) in [5.41, 5.74) is 2.67. The number of amides is 1. The maximum Gasteiger partial charge on any atom is 0.224 e. The van der Waals surface area contributed by atoms with E-state index < -0.39 is 5.54 Å². The van der Waals surface area contributed by atoms with Crippen LogP contribution in [0.2, 0.25) is 0 Å². The Morgan fingerprint density at radius 1 is 1.41 bits per heavy atom. The number of hydrogen-bond donors (Lipinski definition) is 2. The number of nitrogens with one attached hydrogen (secondary N) is 2. The van der Waals surface area contributed by atoms with Gasteiger partial charge in [-0.05, 0) is 57.3 Å². The highest BCUT2D eigenvalue weighted by atomic mass is 16.2. The molecule has 0 spiro atoms. The van der Waals surface area contributed by atoms with Crippen LogP contribution < -0.4 is 10.6 Å². The van der Waals surface area contributed by atoms with Crippen LogP contribution >= 0.6 is 0 Å². The van der Waals surface area contributed by atoms with E-state index in [1.54, 1.807) is 0 Å². The van der Waals surface area contributed by atoms with Crippen LogP contribution in [0.15, 0.2) is 24.5 Å². The number of nitrogens with zero attached hydrogens (tertiary/aromatic N) is 2. The van der Waals surface area contributed by atoms with Crippen LogP contribution in [0.25, 0.3) is 5.65 Å². The molecule has 1 saturated heterocycles. The standard InChI is InChI=1S/C17H22N4O/c1-10-5-4-6-21-13(9-19-15(10)21)17(2,3)20-16(22)14-11-7-18-8-12(11)14/h4-6,9,11-12,14,18H,7-8H2,1-3H3,(H,20,22)/t11-,12+,14?. The van der Waals surface area contributed by atoms with Crippen molar-refractivity contribution < 1.29 is 4.79 Å². The minimum Gasteiger partial charge on any atom is -0.345 e. The third-order valence-corrected chi connectivity index (χ3v) is 5.20. The molecule has 1 aliphatic heterocycles. The molecule has 1 saturated carbocycles. The van der Waals surface area contributed by atoms with Gasteiger partial charge >= 0.3 is 0 Å². The molecule has 3 heterocycles. The SMILES string of the molecule is Cc1cccn2c(C(C)(C)NC(=O)C3[C@H]4CNC[C@@H]34)cnc12. The Bertz CT molecular complexity index is 738. The lowest BCUT2D eigenvalue weighted by Crippen LogP contribution is -2.43. The van der Waals surface area contributed by atoms with Crippen molar-refractivity contribution in [1.29, 1.82) is 0 Å². The number of piperidine rings is 1. The fourth-order valence-corrected chi connectivity index (χ4v) is 3.88. The van der Waals surface area contributed by atoms with Crippen molar-refractivity contribution in [3.63, 3.8) is 0 Å². The minimum atomic E-state index is -0.436. The third-order valence-electron chi connectivity index (χ3n) is 5.20. The molecule has 4 rings (SSSR count). The average molecular weight is 298 g/mol. The van der Waals surface area contributed by atoms with Crippen LogP contribution in [0.4, 0.5) is 0 Å². The van der Waals surface area contributed by atoms with E-state index in [0.29, 0.717) is 11.8 Å². The first-order chi connectivity index (χ1) is 10.5. The van der Waals surface area contributed by atoms with Gasteiger partial charge in [-0.25, -0.2) is 4.98 Å². The van der Waals surface area contributed by atoms with Crippen LogP contribution in [0.1, 0.15) is 25.1 Å². The van der Waals surface area contributed by atoms with E-state index in [2.05, 4.69) is 33.0 Å². The lowest BCUT2D eigenvalue weighted by Gasteiger charge is -2.26. The fourth-order valence-electron chi connectivity index (χ4n) is 3.88. The molecule has 2 aliphatic rings. The van der Waals surface area contributed by atoms with Gasteiger partial charge in [0, 0.05) is 12.1 Å². The average Bonchev–Trinajstić information content (AvgIpc) is 2.85. The van der Waals surface area contributed by atoms with E-state index in [-0.39, 0.29) is 11.8 Å². The summed E-state index contributed by atoms with van der Waals surface area (Å²) in [6.45, 7) is 8.12. The zero-order valence-corrected chi connectivity index (χ0v) is 13.3. The smallest absolute Gasteiger partial charge is 0.224 e. The summed E-state index contributed by atoms with van der Waals surface area (Å²) in [7, 11) is 0.